The second-order valence-corrected chi connectivity index (χ2v) is 11.5. The SMILES string of the molecule is CCCCN[C@H]1CS(=O)(=O)C[C@@H]1S(=O)(=O)c1ccc2c(c1)CCCC2. The van der Waals surface area contributed by atoms with Crippen molar-refractivity contribution < 1.29 is 16.8 Å². The van der Waals surface area contributed by atoms with E-state index < -0.39 is 31.0 Å². The first kappa shape index (κ1) is 18.9. The van der Waals surface area contributed by atoms with Crippen molar-refractivity contribution in [2.45, 2.75) is 61.6 Å². The second kappa shape index (κ2) is 7.37. The summed E-state index contributed by atoms with van der Waals surface area (Å²) in [5.74, 6) is -0.373. The molecule has 1 heterocycles. The highest BCUT2D eigenvalue weighted by atomic mass is 32.2. The molecule has 140 valence electrons. The van der Waals surface area contributed by atoms with E-state index in [1.54, 1.807) is 12.1 Å². The average molecular weight is 386 g/mol. The Morgan fingerprint density at radius 2 is 1.84 bits per heavy atom. The summed E-state index contributed by atoms with van der Waals surface area (Å²) in [6.07, 6.45) is 6.00. The van der Waals surface area contributed by atoms with Crippen LogP contribution in [0.1, 0.15) is 43.7 Å². The molecule has 0 radical (unpaired) electrons. The summed E-state index contributed by atoms with van der Waals surface area (Å²) < 4.78 is 50.5. The van der Waals surface area contributed by atoms with Crippen molar-refractivity contribution >= 4 is 19.7 Å². The van der Waals surface area contributed by atoms with Gasteiger partial charge in [-0.15, -0.1) is 0 Å². The number of nitrogens with one attached hydrogen (secondary N) is 1. The quantitative estimate of drug-likeness (QED) is 0.757. The van der Waals surface area contributed by atoms with Gasteiger partial charge in [0, 0.05) is 6.04 Å². The molecule has 1 aliphatic heterocycles. The van der Waals surface area contributed by atoms with Crippen molar-refractivity contribution in [1.29, 1.82) is 0 Å². The van der Waals surface area contributed by atoms with E-state index in [-0.39, 0.29) is 16.4 Å². The number of unbranched alkanes of at least 4 members (excludes halogenated alkanes) is 1. The molecular weight excluding hydrogens is 358 g/mol. The lowest BCUT2D eigenvalue weighted by molar-refractivity contribution is 0.518. The van der Waals surface area contributed by atoms with Gasteiger partial charge in [0.05, 0.1) is 21.7 Å². The maximum absolute atomic E-state index is 13.1. The molecule has 3 rings (SSSR count). The molecule has 5 nitrogen and oxygen atoms in total. The van der Waals surface area contributed by atoms with Crippen LogP contribution in [-0.2, 0) is 32.5 Å². The number of aryl methyl sites for hydroxylation is 2. The van der Waals surface area contributed by atoms with Crippen molar-refractivity contribution in [2.75, 3.05) is 18.1 Å². The van der Waals surface area contributed by atoms with Gasteiger partial charge in [-0.2, -0.15) is 0 Å². The van der Waals surface area contributed by atoms with Crippen LogP contribution in [0.5, 0.6) is 0 Å². The fourth-order valence-electron chi connectivity index (χ4n) is 3.84. The fourth-order valence-corrected chi connectivity index (χ4v) is 8.60. The first-order valence-corrected chi connectivity index (χ1v) is 12.5. The predicted octanol–water partition coefficient (Wildman–Crippen LogP) is 1.89. The molecule has 0 saturated carbocycles. The first-order chi connectivity index (χ1) is 11.8. The van der Waals surface area contributed by atoms with Gasteiger partial charge in [0.15, 0.2) is 19.7 Å². The molecule has 7 heteroatoms. The molecule has 1 saturated heterocycles. The zero-order valence-electron chi connectivity index (χ0n) is 14.7. The van der Waals surface area contributed by atoms with E-state index in [1.807, 2.05) is 6.07 Å². The van der Waals surface area contributed by atoms with E-state index in [1.165, 1.54) is 5.56 Å². The second-order valence-electron chi connectivity index (χ2n) is 7.21. The highest BCUT2D eigenvalue weighted by Crippen LogP contribution is 2.29. The topological polar surface area (TPSA) is 80.3 Å². The smallest absolute Gasteiger partial charge is 0.183 e. The molecule has 1 aromatic rings. The van der Waals surface area contributed by atoms with Crippen LogP contribution in [0.25, 0.3) is 0 Å². The van der Waals surface area contributed by atoms with Gasteiger partial charge in [-0.3, -0.25) is 0 Å². The highest BCUT2D eigenvalue weighted by molar-refractivity contribution is 7.96. The Morgan fingerprint density at radius 3 is 2.56 bits per heavy atom. The highest BCUT2D eigenvalue weighted by Gasteiger charge is 2.45. The maximum Gasteiger partial charge on any atom is 0.183 e. The molecule has 2 atom stereocenters. The molecule has 0 aromatic heterocycles. The lowest BCUT2D eigenvalue weighted by Gasteiger charge is -2.22. The number of benzene rings is 1. The molecule has 2 aliphatic rings. The summed E-state index contributed by atoms with van der Waals surface area (Å²) in [5, 5.41) is 2.28. The molecule has 1 N–H and O–H groups in total. The number of hydrogen-bond acceptors (Lipinski definition) is 5. The number of hydrogen-bond donors (Lipinski definition) is 1. The third-order valence-corrected chi connectivity index (χ3v) is 9.43. The number of fused-ring (bicyclic) bond motifs is 1. The van der Waals surface area contributed by atoms with Crippen LogP contribution in [0.3, 0.4) is 0 Å². The summed E-state index contributed by atoms with van der Waals surface area (Å²) in [7, 11) is -7.00. The Hall–Kier alpha value is -0.920. The third-order valence-electron chi connectivity index (χ3n) is 5.28. The van der Waals surface area contributed by atoms with Crippen molar-refractivity contribution in [2.24, 2.45) is 0 Å². The van der Waals surface area contributed by atoms with Gasteiger partial charge in [-0.1, -0.05) is 19.4 Å². The summed E-state index contributed by atoms with van der Waals surface area (Å²) in [6.45, 7) is 2.70. The Morgan fingerprint density at radius 1 is 1.12 bits per heavy atom. The minimum Gasteiger partial charge on any atom is -0.312 e. The fraction of sp³-hybridized carbons (Fsp3) is 0.667. The molecule has 0 amide bonds. The van der Waals surface area contributed by atoms with Gasteiger partial charge < -0.3 is 5.32 Å². The lowest BCUT2D eigenvalue weighted by atomic mass is 9.92. The van der Waals surface area contributed by atoms with Gasteiger partial charge in [0.2, 0.25) is 0 Å². The van der Waals surface area contributed by atoms with Crippen LogP contribution in [0.15, 0.2) is 23.1 Å². The lowest BCUT2D eigenvalue weighted by Crippen LogP contribution is -2.43. The monoisotopic (exact) mass is 385 g/mol. The van der Waals surface area contributed by atoms with E-state index >= 15 is 0 Å². The molecule has 0 spiro atoms. The summed E-state index contributed by atoms with van der Waals surface area (Å²) in [6, 6.07) is 4.83. The summed E-state index contributed by atoms with van der Waals surface area (Å²) >= 11 is 0. The largest absolute Gasteiger partial charge is 0.312 e. The standard InChI is InChI=1S/C18H27NO4S2/c1-2-3-10-19-17-12-24(20,21)13-18(17)25(22,23)16-9-8-14-6-4-5-7-15(14)11-16/h8-9,11,17-19H,2-7,10,12-13H2,1H3/t17-,18-/m0/s1. The minimum absolute atomic E-state index is 0.0917. The Balaban J connectivity index is 1.89. The Labute approximate surface area is 151 Å². The molecular formula is C18H27NO4S2. The molecule has 0 bridgehead atoms. The predicted molar refractivity (Wildman–Crippen MR) is 99.4 cm³/mol. The van der Waals surface area contributed by atoms with Crippen LogP contribution in [-0.4, -0.2) is 46.2 Å². The molecule has 0 unspecified atom stereocenters. The summed E-state index contributed by atoms with van der Waals surface area (Å²) in [4.78, 5) is 0.276. The molecule has 1 fully saturated rings. The van der Waals surface area contributed by atoms with Crippen LogP contribution < -0.4 is 5.32 Å². The summed E-state index contributed by atoms with van der Waals surface area (Å²) in [5.41, 5.74) is 2.32. The van der Waals surface area contributed by atoms with Gasteiger partial charge in [0.25, 0.3) is 0 Å². The third kappa shape index (κ3) is 4.09. The zero-order chi connectivity index (χ0) is 18.1. The van der Waals surface area contributed by atoms with E-state index in [2.05, 4.69) is 12.2 Å². The first-order valence-electron chi connectivity index (χ1n) is 9.13. The van der Waals surface area contributed by atoms with Crippen LogP contribution in [0.4, 0.5) is 0 Å². The van der Waals surface area contributed by atoms with Crippen molar-refractivity contribution in [3.8, 4) is 0 Å². The number of rotatable bonds is 6. The zero-order valence-corrected chi connectivity index (χ0v) is 16.3. The van der Waals surface area contributed by atoms with E-state index in [0.717, 1.165) is 44.1 Å². The van der Waals surface area contributed by atoms with Gasteiger partial charge in [0.1, 0.15) is 0 Å². The van der Waals surface area contributed by atoms with Crippen molar-refractivity contribution in [3.63, 3.8) is 0 Å². The van der Waals surface area contributed by atoms with Gasteiger partial charge >= 0.3 is 0 Å². The van der Waals surface area contributed by atoms with E-state index in [0.29, 0.717) is 6.54 Å². The van der Waals surface area contributed by atoms with Gasteiger partial charge in [-0.05, 0) is 61.9 Å². The minimum atomic E-state index is -3.67. The van der Waals surface area contributed by atoms with Crippen LogP contribution in [0.2, 0.25) is 0 Å². The molecule has 1 aliphatic carbocycles. The molecule has 1 aromatic carbocycles. The molecule has 25 heavy (non-hydrogen) atoms. The van der Waals surface area contributed by atoms with E-state index in [9.17, 15) is 16.8 Å². The van der Waals surface area contributed by atoms with Crippen molar-refractivity contribution in [3.05, 3.63) is 29.3 Å². The van der Waals surface area contributed by atoms with E-state index in [4.69, 9.17) is 0 Å². The Kier molecular flexibility index (Phi) is 5.56. The van der Waals surface area contributed by atoms with Crippen LogP contribution in [0, 0.1) is 0 Å². The maximum atomic E-state index is 13.1. The van der Waals surface area contributed by atoms with Gasteiger partial charge in [-0.25, -0.2) is 16.8 Å². The normalized spacial score (nSPS) is 25.6. The van der Waals surface area contributed by atoms with Crippen LogP contribution >= 0.6 is 0 Å². The van der Waals surface area contributed by atoms with Crippen molar-refractivity contribution in [1.82, 2.24) is 5.32 Å². The Bertz CT molecular complexity index is 831. The average Bonchev–Trinajstić information content (AvgIpc) is 2.90. The number of sulfone groups is 2.